The predicted octanol–water partition coefficient (Wildman–Crippen LogP) is 1.18. The van der Waals surface area contributed by atoms with Crippen molar-refractivity contribution in [3.05, 3.63) is 35.7 Å². The fraction of sp³-hybridized carbons (Fsp3) is 0.375. The van der Waals surface area contributed by atoms with Gasteiger partial charge in [-0.25, -0.2) is 0 Å². The monoisotopic (exact) mass is 316 g/mol. The first-order valence-electron chi connectivity index (χ1n) is 7.32. The van der Waals surface area contributed by atoms with E-state index in [1.165, 1.54) is 4.90 Å². The quantitative estimate of drug-likeness (QED) is 0.864. The van der Waals surface area contributed by atoms with Crippen LogP contribution in [0.4, 0.5) is 0 Å². The maximum Gasteiger partial charge on any atom is 0.241 e. The van der Waals surface area contributed by atoms with Gasteiger partial charge in [-0.05, 0) is 6.92 Å². The number of aromatic nitrogens is 2. The molecular formula is C16H20N4O3. The van der Waals surface area contributed by atoms with Crippen LogP contribution in [0.5, 0.6) is 0 Å². The van der Waals surface area contributed by atoms with Crippen LogP contribution in [0, 0.1) is 6.92 Å². The second kappa shape index (κ2) is 7.53. The molecule has 2 rings (SSSR count). The lowest BCUT2D eigenvalue weighted by Crippen LogP contribution is -2.36. The van der Waals surface area contributed by atoms with Gasteiger partial charge in [0.2, 0.25) is 23.5 Å². The molecule has 122 valence electrons. The van der Waals surface area contributed by atoms with Gasteiger partial charge in [-0.2, -0.15) is 4.98 Å². The SMILES string of the molecule is Cc1ccc(-c2noc(CCC(=O)NCC(=O)N(C)C)n2)cc1. The molecule has 0 aliphatic rings. The highest BCUT2D eigenvalue weighted by Gasteiger charge is 2.11. The molecule has 1 heterocycles. The molecule has 1 aromatic carbocycles. The molecule has 7 nitrogen and oxygen atoms in total. The lowest BCUT2D eigenvalue weighted by molar-refractivity contribution is -0.130. The number of benzene rings is 1. The third kappa shape index (κ3) is 4.91. The standard InChI is InChI=1S/C16H20N4O3/c1-11-4-6-12(7-5-11)16-18-14(23-19-16)9-8-13(21)17-10-15(22)20(2)3/h4-7H,8-10H2,1-3H3,(H,17,21). The molecule has 0 fully saturated rings. The van der Waals surface area contributed by atoms with E-state index in [2.05, 4.69) is 15.5 Å². The summed E-state index contributed by atoms with van der Waals surface area (Å²) >= 11 is 0. The molecule has 1 N–H and O–H groups in total. The summed E-state index contributed by atoms with van der Waals surface area (Å²) in [4.78, 5) is 28.8. The first-order chi connectivity index (χ1) is 11.0. The van der Waals surface area contributed by atoms with Crippen LogP contribution in [0.25, 0.3) is 11.4 Å². The van der Waals surface area contributed by atoms with Crippen molar-refractivity contribution in [1.29, 1.82) is 0 Å². The Kier molecular flexibility index (Phi) is 5.46. The second-order valence-corrected chi connectivity index (χ2v) is 5.44. The summed E-state index contributed by atoms with van der Waals surface area (Å²) in [6.45, 7) is 2.00. The van der Waals surface area contributed by atoms with Gasteiger partial charge in [-0.3, -0.25) is 9.59 Å². The molecule has 0 unspecified atom stereocenters. The summed E-state index contributed by atoms with van der Waals surface area (Å²) in [6, 6.07) is 7.79. The van der Waals surface area contributed by atoms with E-state index in [4.69, 9.17) is 4.52 Å². The van der Waals surface area contributed by atoms with E-state index in [-0.39, 0.29) is 24.8 Å². The van der Waals surface area contributed by atoms with E-state index in [9.17, 15) is 9.59 Å². The van der Waals surface area contributed by atoms with Crippen molar-refractivity contribution in [3.63, 3.8) is 0 Å². The zero-order valence-electron chi connectivity index (χ0n) is 13.5. The molecule has 0 spiro atoms. The fourth-order valence-corrected chi connectivity index (χ4v) is 1.82. The molecule has 0 aliphatic heterocycles. The predicted molar refractivity (Wildman–Crippen MR) is 84.5 cm³/mol. The molecule has 0 radical (unpaired) electrons. The summed E-state index contributed by atoms with van der Waals surface area (Å²) in [5, 5.41) is 6.47. The highest BCUT2D eigenvalue weighted by Crippen LogP contribution is 2.16. The van der Waals surface area contributed by atoms with Crippen molar-refractivity contribution in [2.75, 3.05) is 20.6 Å². The molecule has 1 aromatic heterocycles. The zero-order valence-corrected chi connectivity index (χ0v) is 13.5. The average Bonchev–Trinajstić information content (AvgIpc) is 3.00. The fourth-order valence-electron chi connectivity index (χ4n) is 1.82. The van der Waals surface area contributed by atoms with E-state index in [1.54, 1.807) is 14.1 Å². The van der Waals surface area contributed by atoms with Gasteiger partial charge in [0.25, 0.3) is 0 Å². The van der Waals surface area contributed by atoms with Crippen molar-refractivity contribution in [3.8, 4) is 11.4 Å². The molecule has 0 saturated heterocycles. The van der Waals surface area contributed by atoms with Crippen molar-refractivity contribution in [2.45, 2.75) is 19.8 Å². The van der Waals surface area contributed by atoms with Crippen molar-refractivity contribution >= 4 is 11.8 Å². The number of amides is 2. The number of rotatable bonds is 6. The maximum atomic E-state index is 11.7. The Morgan fingerprint density at radius 1 is 1.22 bits per heavy atom. The summed E-state index contributed by atoms with van der Waals surface area (Å²) in [6.07, 6.45) is 0.525. The van der Waals surface area contributed by atoms with E-state index < -0.39 is 0 Å². The topological polar surface area (TPSA) is 88.3 Å². The molecule has 0 atom stereocenters. The Bertz CT molecular complexity index is 677. The van der Waals surface area contributed by atoms with Gasteiger partial charge < -0.3 is 14.7 Å². The molecular weight excluding hydrogens is 296 g/mol. The Morgan fingerprint density at radius 2 is 1.91 bits per heavy atom. The van der Waals surface area contributed by atoms with E-state index >= 15 is 0 Å². The van der Waals surface area contributed by atoms with Crippen molar-refractivity contribution in [1.82, 2.24) is 20.4 Å². The third-order valence-corrected chi connectivity index (χ3v) is 3.28. The van der Waals surface area contributed by atoms with Gasteiger partial charge in [0.05, 0.1) is 6.54 Å². The lowest BCUT2D eigenvalue weighted by Gasteiger charge is -2.10. The van der Waals surface area contributed by atoms with Crippen molar-refractivity contribution in [2.24, 2.45) is 0 Å². The Morgan fingerprint density at radius 3 is 2.57 bits per heavy atom. The number of hydrogen-bond donors (Lipinski definition) is 1. The third-order valence-electron chi connectivity index (χ3n) is 3.28. The van der Waals surface area contributed by atoms with Gasteiger partial charge in [0.15, 0.2) is 0 Å². The Hall–Kier alpha value is -2.70. The number of carbonyl (C=O) groups excluding carboxylic acids is 2. The minimum Gasteiger partial charge on any atom is -0.347 e. The van der Waals surface area contributed by atoms with Crippen molar-refractivity contribution < 1.29 is 14.1 Å². The molecule has 0 aliphatic carbocycles. The highest BCUT2D eigenvalue weighted by atomic mass is 16.5. The highest BCUT2D eigenvalue weighted by molar-refractivity contribution is 5.84. The van der Waals surface area contributed by atoms with Gasteiger partial charge in [0.1, 0.15) is 0 Å². The van der Waals surface area contributed by atoms with Crippen LogP contribution in [-0.2, 0) is 16.0 Å². The molecule has 7 heteroatoms. The van der Waals surface area contributed by atoms with E-state index in [1.807, 2.05) is 31.2 Å². The molecule has 2 aromatic rings. The summed E-state index contributed by atoms with van der Waals surface area (Å²) in [5.41, 5.74) is 2.02. The number of nitrogens with zero attached hydrogens (tertiary/aromatic N) is 3. The average molecular weight is 316 g/mol. The Balaban J connectivity index is 1.84. The van der Waals surface area contributed by atoms with E-state index in [0.29, 0.717) is 18.1 Å². The largest absolute Gasteiger partial charge is 0.347 e. The van der Waals surface area contributed by atoms with Gasteiger partial charge >= 0.3 is 0 Å². The molecule has 2 amide bonds. The van der Waals surface area contributed by atoms with Crippen LogP contribution >= 0.6 is 0 Å². The van der Waals surface area contributed by atoms with Crippen LogP contribution in [-0.4, -0.2) is 47.5 Å². The zero-order chi connectivity index (χ0) is 16.8. The van der Waals surface area contributed by atoms with Gasteiger partial charge in [-0.15, -0.1) is 0 Å². The van der Waals surface area contributed by atoms with E-state index in [0.717, 1.165) is 11.1 Å². The Labute approximate surface area is 134 Å². The smallest absolute Gasteiger partial charge is 0.241 e. The van der Waals surface area contributed by atoms with Crippen LogP contribution in [0.2, 0.25) is 0 Å². The molecule has 0 bridgehead atoms. The molecule has 0 saturated carbocycles. The van der Waals surface area contributed by atoms with Crippen LogP contribution in [0.3, 0.4) is 0 Å². The van der Waals surface area contributed by atoms with Crippen LogP contribution in [0.1, 0.15) is 17.9 Å². The van der Waals surface area contributed by atoms with Gasteiger partial charge in [0, 0.05) is 32.5 Å². The first-order valence-corrected chi connectivity index (χ1v) is 7.32. The summed E-state index contributed by atoms with van der Waals surface area (Å²) in [7, 11) is 3.28. The minimum absolute atomic E-state index is 0.00964. The second-order valence-electron chi connectivity index (χ2n) is 5.44. The normalized spacial score (nSPS) is 10.4. The number of likely N-dealkylation sites (N-methyl/N-ethyl adjacent to an activating group) is 1. The lowest BCUT2D eigenvalue weighted by atomic mass is 10.1. The molecule has 23 heavy (non-hydrogen) atoms. The van der Waals surface area contributed by atoms with Crippen LogP contribution < -0.4 is 5.32 Å². The summed E-state index contributed by atoms with van der Waals surface area (Å²) < 4.78 is 5.15. The maximum absolute atomic E-state index is 11.7. The van der Waals surface area contributed by atoms with Crippen LogP contribution in [0.15, 0.2) is 28.8 Å². The first kappa shape index (κ1) is 16.7. The number of nitrogens with one attached hydrogen (secondary N) is 1. The number of aryl methyl sites for hydroxylation is 2. The minimum atomic E-state index is -0.227. The van der Waals surface area contributed by atoms with Gasteiger partial charge in [-0.1, -0.05) is 35.0 Å². The number of hydrogen-bond acceptors (Lipinski definition) is 5. The summed E-state index contributed by atoms with van der Waals surface area (Å²) in [5.74, 6) is 0.519. The number of carbonyl (C=O) groups is 2.